The second kappa shape index (κ2) is 6.45. The molecule has 1 aromatic rings. The van der Waals surface area contributed by atoms with Crippen LogP contribution in [-0.4, -0.2) is 29.6 Å². The highest BCUT2D eigenvalue weighted by Gasteiger charge is 2.39. The highest BCUT2D eigenvalue weighted by atomic mass is 19.1. The van der Waals surface area contributed by atoms with Crippen LogP contribution in [0.15, 0.2) is 24.3 Å². The molecule has 1 atom stereocenters. The van der Waals surface area contributed by atoms with E-state index < -0.39 is 0 Å². The summed E-state index contributed by atoms with van der Waals surface area (Å²) >= 11 is 0. The van der Waals surface area contributed by atoms with Gasteiger partial charge in [-0.3, -0.25) is 4.90 Å². The van der Waals surface area contributed by atoms with Crippen LogP contribution < -0.4 is 5.32 Å². The minimum absolute atomic E-state index is 0.122. The highest BCUT2D eigenvalue weighted by molar-refractivity contribution is 5.17. The first-order valence-corrected chi connectivity index (χ1v) is 8.44. The molecule has 1 N–H and O–H groups in total. The van der Waals surface area contributed by atoms with E-state index >= 15 is 0 Å². The maximum atomic E-state index is 13.4. The standard InChI is InChI=1S/C18H27FN2/c1-2-17-12-20-18(9-4-3-5-10-18)14-21(17)13-15-7-6-8-16(19)11-15/h6-8,11,17,20H,2-5,9-10,12-14H2,1H3. The van der Waals surface area contributed by atoms with E-state index in [0.717, 1.165) is 31.6 Å². The van der Waals surface area contributed by atoms with Crippen LogP contribution in [0, 0.1) is 5.82 Å². The molecule has 1 aromatic carbocycles. The highest BCUT2D eigenvalue weighted by Crippen LogP contribution is 2.32. The Morgan fingerprint density at radius 2 is 2.10 bits per heavy atom. The summed E-state index contributed by atoms with van der Waals surface area (Å²) in [5.74, 6) is -0.122. The zero-order chi connectivity index (χ0) is 14.7. The summed E-state index contributed by atoms with van der Waals surface area (Å²) in [7, 11) is 0. The Hall–Kier alpha value is -0.930. The van der Waals surface area contributed by atoms with Gasteiger partial charge in [-0.15, -0.1) is 0 Å². The van der Waals surface area contributed by atoms with E-state index in [2.05, 4.69) is 17.1 Å². The molecule has 0 amide bonds. The number of nitrogens with one attached hydrogen (secondary N) is 1. The van der Waals surface area contributed by atoms with Gasteiger partial charge in [0.05, 0.1) is 0 Å². The van der Waals surface area contributed by atoms with Gasteiger partial charge in [0.15, 0.2) is 0 Å². The third-order valence-electron chi connectivity index (χ3n) is 5.29. The normalized spacial score (nSPS) is 26.1. The summed E-state index contributed by atoms with van der Waals surface area (Å²) in [6.07, 6.45) is 7.81. The van der Waals surface area contributed by atoms with Crippen molar-refractivity contribution < 1.29 is 4.39 Å². The number of rotatable bonds is 3. The number of halogens is 1. The van der Waals surface area contributed by atoms with E-state index in [9.17, 15) is 4.39 Å². The van der Waals surface area contributed by atoms with Crippen LogP contribution in [0.4, 0.5) is 4.39 Å². The van der Waals surface area contributed by atoms with Crippen molar-refractivity contribution in [3.05, 3.63) is 35.6 Å². The van der Waals surface area contributed by atoms with Crippen molar-refractivity contribution in [2.45, 2.75) is 63.6 Å². The molecule has 1 aliphatic heterocycles. The van der Waals surface area contributed by atoms with Crippen molar-refractivity contribution >= 4 is 0 Å². The second-order valence-corrected chi connectivity index (χ2v) is 6.82. The van der Waals surface area contributed by atoms with Gasteiger partial charge in [0, 0.05) is 31.2 Å². The van der Waals surface area contributed by atoms with Crippen molar-refractivity contribution in [2.24, 2.45) is 0 Å². The lowest BCUT2D eigenvalue weighted by Gasteiger charge is -2.49. The molecule has 1 unspecified atom stereocenters. The van der Waals surface area contributed by atoms with Gasteiger partial charge in [0.25, 0.3) is 0 Å². The molecule has 1 heterocycles. The van der Waals surface area contributed by atoms with Gasteiger partial charge in [-0.25, -0.2) is 4.39 Å². The lowest BCUT2D eigenvalue weighted by molar-refractivity contribution is 0.0484. The predicted octanol–water partition coefficient (Wildman–Crippen LogP) is 3.71. The van der Waals surface area contributed by atoms with Crippen molar-refractivity contribution in [2.75, 3.05) is 13.1 Å². The van der Waals surface area contributed by atoms with E-state index in [1.807, 2.05) is 12.1 Å². The maximum Gasteiger partial charge on any atom is 0.123 e. The monoisotopic (exact) mass is 290 g/mol. The zero-order valence-electron chi connectivity index (χ0n) is 13.1. The van der Waals surface area contributed by atoms with Gasteiger partial charge in [-0.05, 0) is 37.0 Å². The van der Waals surface area contributed by atoms with Gasteiger partial charge in [-0.2, -0.15) is 0 Å². The Balaban J connectivity index is 1.73. The molecule has 3 heteroatoms. The Kier molecular flexibility index (Phi) is 4.60. The molecule has 1 saturated carbocycles. The zero-order valence-corrected chi connectivity index (χ0v) is 13.1. The topological polar surface area (TPSA) is 15.3 Å². The minimum Gasteiger partial charge on any atom is -0.308 e. The fraction of sp³-hybridized carbons (Fsp3) is 0.667. The average molecular weight is 290 g/mol. The second-order valence-electron chi connectivity index (χ2n) is 6.82. The molecule has 1 spiro atoms. The van der Waals surface area contributed by atoms with Crippen LogP contribution in [0.3, 0.4) is 0 Å². The summed E-state index contributed by atoms with van der Waals surface area (Å²) in [4.78, 5) is 2.58. The number of benzene rings is 1. The molecule has 1 aliphatic carbocycles. The van der Waals surface area contributed by atoms with Gasteiger partial charge >= 0.3 is 0 Å². The largest absolute Gasteiger partial charge is 0.308 e. The first-order chi connectivity index (χ1) is 10.2. The first kappa shape index (κ1) is 15.0. The summed E-state index contributed by atoms with van der Waals surface area (Å²) in [5.41, 5.74) is 1.42. The SMILES string of the molecule is CCC1CNC2(CCCCC2)CN1Cc1cccc(F)c1. The summed E-state index contributed by atoms with van der Waals surface area (Å²) < 4.78 is 13.4. The van der Waals surface area contributed by atoms with E-state index in [0.29, 0.717) is 11.6 Å². The quantitative estimate of drug-likeness (QED) is 0.913. The van der Waals surface area contributed by atoms with E-state index in [-0.39, 0.29) is 5.82 Å². The van der Waals surface area contributed by atoms with Gasteiger partial charge in [0.2, 0.25) is 0 Å². The molecule has 0 radical (unpaired) electrons. The Bertz CT molecular complexity index is 468. The number of piperazine rings is 1. The van der Waals surface area contributed by atoms with Crippen LogP contribution in [-0.2, 0) is 6.54 Å². The molecule has 116 valence electrons. The molecule has 21 heavy (non-hydrogen) atoms. The minimum atomic E-state index is -0.122. The van der Waals surface area contributed by atoms with Crippen LogP contribution in [0.5, 0.6) is 0 Å². The average Bonchev–Trinajstić information content (AvgIpc) is 2.48. The fourth-order valence-corrected chi connectivity index (χ4v) is 4.06. The lowest BCUT2D eigenvalue weighted by Crippen LogP contribution is -2.64. The molecule has 1 saturated heterocycles. The third-order valence-corrected chi connectivity index (χ3v) is 5.29. The Labute approximate surface area is 127 Å². The maximum absolute atomic E-state index is 13.4. The number of hydrogen-bond acceptors (Lipinski definition) is 2. The van der Waals surface area contributed by atoms with Crippen LogP contribution in [0.2, 0.25) is 0 Å². The van der Waals surface area contributed by atoms with Crippen molar-refractivity contribution in [1.82, 2.24) is 10.2 Å². The molecular formula is C18H27FN2. The van der Waals surface area contributed by atoms with Crippen molar-refractivity contribution in [3.8, 4) is 0 Å². The molecule has 2 nitrogen and oxygen atoms in total. The van der Waals surface area contributed by atoms with E-state index in [4.69, 9.17) is 0 Å². The number of nitrogens with zero attached hydrogens (tertiary/aromatic N) is 1. The predicted molar refractivity (Wildman–Crippen MR) is 84.7 cm³/mol. The van der Waals surface area contributed by atoms with Gasteiger partial charge in [0.1, 0.15) is 5.82 Å². The molecule has 3 rings (SSSR count). The van der Waals surface area contributed by atoms with Crippen LogP contribution in [0.25, 0.3) is 0 Å². The number of hydrogen-bond donors (Lipinski definition) is 1. The lowest BCUT2D eigenvalue weighted by atomic mass is 9.79. The smallest absolute Gasteiger partial charge is 0.123 e. The van der Waals surface area contributed by atoms with E-state index in [1.165, 1.54) is 38.2 Å². The Morgan fingerprint density at radius 3 is 2.81 bits per heavy atom. The summed E-state index contributed by atoms with van der Waals surface area (Å²) in [6.45, 7) is 5.32. The first-order valence-electron chi connectivity index (χ1n) is 8.44. The van der Waals surface area contributed by atoms with Gasteiger partial charge in [-0.1, -0.05) is 38.3 Å². The molecular weight excluding hydrogens is 263 g/mol. The summed E-state index contributed by atoms with van der Waals surface area (Å²) in [6, 6.07) is 7.65. The molecule has 2 aliphatic rings. The molecule has 0 bridgehead atoms. The third kappa shape index (κ3) is 3.46. The fourth-order valence-electron chi connectivity index (χ4n) is 4.06. The van der Waals surface area contributed by atoms with Crippen LogP contribution >= 0.6 is 0 Å². The van der Waals surface area contributed by atoms with Crippen LogP contribution in [0.1, 0.15) is 51.0 Å². The van der Waals surface area contributed by atoms with Crippen molar-refractivity contribution in [1.29, 1.82) is 0 Å². The van der Waals surface area contributed by atoms with Crippen molar-refractivity contribution in [3.63, 3.8) is 0 Å². The Morgan fingerprint density at radius 1 is 1.29 bits per heavy atom. The molecule has 2 fully saturated rings. The van der Waals surface area contributed by atoms with E-state index in [1.54, 1.807) is 6.07 Å². The molecule has 0 aromatic heterocycles. The summed E-state index contributed by atoms with van der Waals surface area (Å²) in [5, 5.41) is 3.85. The van der Waals surface area contributed by atoms with Gasteiger partial charge < -0.3 is 5.32 Å².